The average Bonchev–Trinajstić information content (AvgIpc) is 2.26. The van der Waals surface area contributed by atoms with Crippen molar-refractivity contribution in [3.05, 3.63) is 40.4 Å². The van der Waals surface area contributed by atoms with Gasteiger partial charge >= 0.3 is 0 Å². The lowest BCUT2D eigenvalue weighted by molar-refractivity contribution is 0.100. The van der Waals surface area contributed by atoms with Crippen molar-refractivity contribution in [2.24, 2.45) is 5.73 Å². The second kappa shape index (κ2) is 5.63. The van der Waals surface area contributed by atoms with Crippen LogP contribution in [-0.2, 0) is 0 Å². The van der Waals surface area contributed by atoms with Crippen molar-refractivity contribution < 1.29 is 4.79 Å². The summed E-state index contributed by atoms with van der Waals surface area (Å²) >= 11 is 11.1. The second-order valence-electron chi connectivity index (χ2n) is 2.85. The molecule has 0 saturated carbocycles. The van der Waals surface area contributed by atoms with Crippen LogP contribution >= 0.6 is 23.2 Å². The summed E-state index contributed by atoms with van der Waals surface area (Å²) in [6.07, 6.45) is 0. The van der Waals surface area contributed by atoms with Gasteiger partial charge in [0, 0.05) is 21.8 Å². The van der Waals surface area contributed by atoms with Gasteiger partial charge in [-0.2, -0.15) is 0 Å². The zero-order valence-electron chi connectivity index (χ0n) is 7.84. The second-order valence-corrected chi connectivity index (χ2v) is 3.56. The molecule has 0 aliphatic heterocycles. The minimum atomic E-state index is -0.461. The molecule has 0 aliphatic carbocycles. The third kappa shape index (κ3) is 3.81. The maximum Gasteiger partial charge on any atom is 0.248 e. The molecule has 80 valence electrons. The monoisotopic (exact) mass is 244 g/mol. The molecule has 0 heterocycles. The highest BCUT2D eigenvalue weighted by molar-refractivity contribution is 6.36. The van der Waals surface area contributed by atoms with E-state index in [1.54, 1.807) is 18.2 Å². The summed E-state index contributed by atoms with van der Waals surface area (Å²) in [5.74, 6) is -0.461. The van der Waals surface area contributed by atoms with Gasteiger partial charge in [-0.3, -0.25) is 4.79 Å². The van der Waals surface area contributed by atoms with Crippen LogP contribution in [0, 0.1) is 0 Å². The topological polar surface area (TPSA) is 55.1 Å². The van der Waals surface area contributed by atoms with Crippen molar-refractivity contribution in [1.82, 2.24) is 0 Å². The number of hydrogen-bond acceptors (Lipinski definition) is 2. The van der Waals surface area contributed by atoms with Crippen molar-refractivity contribution in [3.63, 3.8) is 0 Å². The van der Waals surface area contributed by atoms with Gasteiger partial charge in [0.15, 0.2) is 0 Å². The number of nitrogens with one attached hydrogen (secondary N) is 1. The smallest absolute Gasteiger partial charge is 0.248 e. The Balaban J connectivity index is 2.70. The van der Waals surface area contributed by atoms with Crippen LogP contribution in [0.4, 0.5) is 5.69 Å². The molecule has 15 heavy (non-hydrogen) atoms. The standard InChI is InChI=1S/C10H10Cl2N2O/c11-5-8(12)6-14-9-3-1-2-7(4-9)10(13)15/h1-5,14H,6H2,(H2,13,15)/b8-5-. The van der Waals surface area contributed by atoms with E-state index < -0.39 is 5.91 Å². The highest BCUT2D eigenvalue weighted by atomic mass is 35.5. The largest absolute Gasteiger partial charge is 0.380 e. The van der Waals surface area contributed by atoms with Crippen molar-refractivity contribution in [2.75, 3.05) is 11.9 Å². The predicted octanol–water partition coefficient (Wildman–Crippen LogP) is 2.52. The molecule has 0 unspecified atom stereocenters. The number of carbonyl (C=O) groups is 1. The molecule has 0 saturated heterocycles. The summed E-state index contributed by atoms with van der Waals surface area (Å²) in [5.41, 5.74) is 7.64. The van der Waals surface area contributed by atoms with E-state index in [2.05, 4.69) is 5.32 Å². The lowest BCUT2D eigenvalue weighted by Gasteiger charge is -2.05. The van der Waals surface area contributed by atoms with Crippen LogP contribution in [0.25, 0.3) is 0 Å². The van der Waals surface area contributed by atoms with Crippen molar-refractivity contribution in [1.29, 1.82) is 0 Å². The molecule has 1 rings (SSSR count). The molecular weight excluding hydrogens is 235 g/mol. The third-order valence-electron chi connectivity index (χ3n) is 1.73. The molecule has 0 fully saturated rings. The predicted molar refractivity (Wildman–Crippen MR) is 63.2 cm³/mol. The van der Waals surface area contributed by atoms with E-state index in [0.717, 1.165) is 5.69 Å². The highest BCUT2D eigenvalue weighted by Gasteiger charge is 2.00. The molecule has 1 amide bonds. The first-order valence-corrected chi connectivity index (χ1v) is 5.03. The lowest BCUT2D eigenvalue weighted by Crippen LogP contribution is -2.11. The number of anilines is 1. The van der Waals surface area contributed by atoms with Crippen LogP contribution in [0.2, 0.25) is 0 Å². The van der Waals surface area contributed by atoms with Gasteiger partial charge < -0.3 is 11.1 Å². The summed E-state index contributed by atoms with van der Waals surface area (Å²) < 4.78 is 0. The first-order valence-electron chi connectivity index (χ1n) is 4.22. The van der Waals surface area contributed by atoms with Crippen LogP contribution in [-0.4, -0.2) is 12.5 Å². The molecule has 0 aromatic heterocycles. The molecule has 3 N–H and O–H groups in total. The normalized spacial score (nSPS) is 11.2. The van der Waals surface area contributed by atoms with E-state index in [4.69, 9.17) is 28.9 Å². The molecule has 0 radical (unpaired) electrons. The number of primary amides is 1. The Morgan fingerprint density at radius 2 is 2.27 bits per heavy atom. The summed E-state index contributed by atoms with van der Waals surface area (Å²) in [7, 11) is 0. The molecule has 0 atom stereocenters. The molecule has 0 aliphatic rings. The van der Waals surface area contributed by atoms with Crippen LogP contribution in [0.15, 0.2) is 34.8 Å². The highest BCUT2D eigenvalue weighted by Crippen LogP contribution is 2.12. The van der Waals surface area contributed by atoms with Gasteiger partial charge in [-0.05, 0) is 18.2 Å². The summed E-state index contributed by atoms with van der Waals surface area (Å²) in [6.45, 7) is 0.410. The maximum absolute atomic E-state index is 10.9. The average molecular weight is 245 g/mol. The Morgan fingerprint density at radius 1 is 1.53 bits per heavy atom. The minimum Gasteiger partial charge on any atom is -0.380 e. The van der Waals surface area contributed by atoms with Crippen molar-refractivity contribution in [3.8, 4) is 0 Å². The van der Waals surface area contributed by atoms with Crippen LogP contribution in [0.1, 0.15) is 10.4 Å². The van der Waals surface area contributed by atoms with E-state index in [-0.39, 0.29) is 0 Å². The fraction of sp³-hybridized carbons (Fsp3) is 0.100. The van der Waals surface area contributed by atoms with Gasteiger partial charge in [-0.25, -0.2) is 0 Å². The van der Waals surface area contributed by atoms with Crippen molar-refractivity contribution >= 4 is 34.8 Å². The lowest BCUT2D eigenvalue weighted by atomic mass is 10.2. The summed E-state index contributed by atoms with van der Waals surface area (Å²) in [6, 6.07) is 6.85. The Bertz CT molecular complexity index is 391. The molecule has 0 bridgehead atoms. The Morgan fingerprint density at radius 3 is 2.87 bits per heavy atom. The number of rotatable bonds is 4. The van der Waals surface area contributed by atoms with E-state index in [1.807, 2.05) is 6.07 Å². The number of halogens is 2. The van der Waals surface area contributed by atoms with Gasteiger partial charge in [0.2, 0.25) is 5.91 Å². The van der Waals surface area contributed by atoms with E-state index in [0.29, 0.717) is 17.1 Å². The van der Waals surface area contributed by atoms with Crippen LogP contribution in [0.3, 0.4) is 0 Å². The van der Waals surface area contributed by atoms with Gasteiger partial charge in [-0.15, -0.1) is 0 Å². The maximum atomic E-state index is 10.9. The fourth-order valence-electron chi connectivity index (χ4n) is 1.01. The van der Waals surface area contributed by atoms with Gasteiger partial charge in [0.1, 0.15) is 0 Å². The number of carbonyl (C=O) groups excluding carboxylic acids is 1. The summed E-state index contributed by atoms with van der Waals surface area (Å²) in [4.78, 5) is 10.9. The number of amides is 1. The third-order valence-corrected chi connectivity index (χ3v) is 2.34. The zero-order valence-corrected chi connectivity index (χ0v) is 9.35. The Kier molecular flexibility index (Phi) is 4.46. The Hall–Kier alpha value is -1.19. The number of nitrogens with two attached hydrogens (primary N) is 1. The molecule has 1 aromatic rings. The molecule has 5 heteroatoms. The quantitative estimate of drug-likeness (QED) is 0.856. The summed E-state index contributed by atoms with van der Waals surface area (Å²) in [5, 5.41) is 3.49. The van der Waals surface area contributed by atoms with E-state index in [9.17, 15) is 4.79 Å². The molecular formula is C10H10Cl2N2O. The minimum absolute atomic E-state index is 0.410. The Labute approximate surface area is 97.9 Å². The van der Waals surface area contributed by atoms with Gasteiger partial charge in [-0.1, -0.05) is 29.3 Å². The molecule has 1 aromatic carbocycles. The first-order chi connectivity index (χ1) is 7.13. The van der Waals surface area contributed by atoms with Crippen molar-refractivity contribution in [2.45, 2.75) is 0 Å². The number of benzene rings is 1. The van der Waals surface area contributed by atoms with Gasteiger partial charge in [0.25, 0.3) is 0 Å². The zero-order chi connectivity index (χ0) is 11.3. The number of hydrogen-bond donors (Lipinski definition) is 2. The van der Waals surface area contributed by atoms with Crippen LogP contribution < -0.4 is 11.1 Å². The molecule has 3 nitrogen and oxygen atoms in total. The van der Waals surface area contributed by atoms with Crippen LogP contribution in [0.5, 0.6) is 0 Å². The fourth-order valence-corrected chi connectivity index (χ4v) is 1.15. The first kappa shape index (κ1) is 11.9. The van der Waals surface area contributed by atoms with E-state index >= 15 is 0 Å². The SMILES string of the molecule is NC(=O)c1cccc(NC/C(Cl)=C/Cl)c1. The van der Waals surface area contributed by atoms with Gasteiger partial charge in [0.05, 0.1) is 6.54 Å². The molecule has 0 spiro atoms. The van der Waals surface area contributed by atoms with E-state index in [1.165, 1.54) is 5.54 Å².